The minimum atomic E-state index is -3.60. The second-order valence-electron chi connectivity index (χ2n) is 7.22. The predicted molar refractivity (Wildman–Crippen MR) is 122 cm³/mol. The van der Waals surface area contributed by atoms with Gasteiger partial charge in [-0.1, -0.05) is 23.3 Å². The molecule has 0 aliphatic heterocycles. The quantitative estimate of drug-likeness (QED) is 0.130. The zero-order chi connectivity index (χ0) is 22.3. The molecule has 2 atom stereocenters. The Morgan fingerprint density at radius 1 is 0.897 bits per heavy atom. The highest BCUT2D eigenvalue weighted by Crippen LogP contribution is 2.71. The van der Waals surface area contributed by atoms with Crippen molar-refractivity contribution in [2.75, 3.05) is 33.3 Å². The summed E-state index contributed by atoms with van der Waals surface area (Å²) in [6.07, 6.45) is 8.34. The number of methoxy groups -OCH3 is 1. The minimum absolute atomic E-state index is 0.104. The molecule has 0 aromatic heterocycles. The van der Waals surface area contributed by atoms with E-state index in [0.29, 0.717) is 6.42 Å². The van der Waals surface area contributed by atoms with Gasteiger partial charge in [0, 0.05) is 7.11 Å². The number of hydrogen-bond donors (Lipinski definition) is 0. The van der Waals surface area contributed by atoms with Crippen LogP contribution < -0.4 is 0 Å². The maximum atomic E-state index is 13.5. The highest BCUT2D eigenvalue weighted by Gasteiger charge is 2.48. The number of allylic oxidation sites excluding steroid dienone is 4. The van der Waals surface area contributed by atoms with Crippen LogP contribution in [0, 0.1) is 0 Å². The molecule has 0 spiro atoms. The Bertz CT molecular complexity index is 546. The van der Waals surface area contributed by atoms with Crippen molar-refractivity contribution >= 4 is 15.0 Å². The van der Waals surface area contributed by atoms with Crippen LogP contribution in [0.4, 0.5) is 0 Å². The summed E-state index contributed by atoms with van der Waals surface area (Å²) in [6.45, 7) is 12.3. The van der Waals surface area contributed by atoms with E-state index in [1.807, 2.05) is 0 Å². The molecule has 29 heavy (non-hydrogen) atoms. The van der Waals surface area contributed by atoms with Crippen LogP contribution in [0.2, 0.25) is 0 Å². The largest absolute Gasteiger partial charge is 0.375 e. The van der Waals surface area contributed by atoms with Crippen molar-refractivity contribution in [2.24, 2.45) is 0 Å². The topological polar surface area (TPSA) is 71.1 Å². The second-order valence-corrected chi connectivity index (χ2v) is 12.4. The van der Waals surface area contributed by atoms with Crippen LogP contribution in [0.25, 0.3) is 0 Å². The molecule has 0 saturated carbocycles. The van der Waals surface area contributed by atoms with Crippen LogP contribution in [0.15, 0.2) is 23.3 Å². The van der Waals surface area contributed by atoms with Crippen LogP contribution in [-0.4, -0.2) is 38.7 Å². The first-order chi connectivity index (χ1) is 13.7. The lowest BCUT2D eigenvalue weighted by molar-refractivity contribution is 0.203. The molecular weight excluding hydrogens is 410 g/mol. The molecule has 0 bridgehead atoms. The summed E-state index contributed by atoms with van der Waals surface area (Å²) in [5, 5.41) is -0.825. The van der Waals surface area contributed by atoms with Gasteiger partial charge in [0.15, 0.2) is 0 Å². The van der Waals surface area contributed by atoms with Crippen molar-refractivity contribution < 1.29 is 27.4 Å². The van der Waals surface area contributed by atoms with Gasteiger partial charge in [-0.3, -0.25) is 9.13 Å². The summed E-state index contributed by atoms with van der Waals surface area (Å²) in [7, 11) is -5.50. The lowest BCUT2D eigenvalue weighted by Gasteiger charge is -2.31. The number of ether oxygens (including phenoxy) is 1. The zero-order valence-corrected chi connectivity index (χ0v) is 21.2. The minimum Gasteiger partial charge on any atom is -0.375 e. The number of hydrogen-bond acceptors (Lipinski definition) is 6. The van der Waals surface area contributed by atoms with Crippen LogP contribution in [-0.2, 0) is 27.4 Å². The van der Waals surface area contributed by atoms with Gasteiger partial charge in [0.1, 0.15) is 11.7 Å². The van der Waals surface area contributed by atoms with Crippen molar-refractivity contribution in [3.8, 4) is 0 Å². The van der Waals surface area contributed by atoms with Gasteiger partial charge < -0.3 is 18.3 Å². The summed E-state index contributed by atoms with van der Waals surface area (Å²) >= 11 is 0. The molecule has 0 aliphatic carbocycles. The smallest absolute Gasteiger partial charge is 0.343 e. The summed E-state index contributed by atoms with van der Waals surface area (Å²) in [5.41, 5.74) is 2.65. The molecule has 0 fully saturated rings. The Labute approximate surface area is 178 Å². The molecular formula is C21H42O6P2. The van der Waals surface area contributed by atoms with Crippen molar-refractivity contribution in [3.05, 3.63) is 23.3 Å². The maximum Gasteiger partial charge on any atom is 0.343 e. The predicted octanol–water partition coefficient (Wildman–Crippen LogP) is 7.36. The third kappa shape index (κ3) is 11.1. The highest BCUT2D eigenvalue weighted by molar-refractivity contribution is 7.75. The van der Waals surface area contributed by atoms with E-state index in [2.05, 4.69) is 32.9 Å². The zero-order valence-electron chi connectivity index (χ0n) is 19.4. The number of unbranched alkanes of at least 4 members (excludes halogenated alkanes) is 1. The van der Waals surface area contributed by atoms with Crippen LogP contribution in [0.3, 0.4) is 0 Å². The van der Waals surface area contributed by atoms with Gasteiger partial charge in [-0.15, -0.1) is 0 Å². The molecule has 0 radical (unpaired) electrons. The standard InChI is InChI=1S/C21H42O6P2/c1-8-25-28(22,18-24-7)21(29(23,26-9-2)27-10-3)17-12-11-15-20(6)16-13-14-19(4)5/h14-15,21H,8-13,16-18H2,1-7H3/b20-15+. The highest BCUT2D eigenvalue weighted by atomic mass is 31.2. The average Bonchev–Trinajstić information content (AvgIpc) is 2.61. The van der Waals surface area contributed by atoms with Gasteiger partial charge in [-0.25, -0.2) is 0 Å². The molecule has 0 aromatic carbocycles. The van der Waals surface area contributed by atoms with Gasteiger partial charge in [0.2, 0.25) is 7.37 Å². The molecule has 0 amide bonds. The lowest BCUT2D eigenvalue weighted by atomic mass is 10.1. The lowest BCUT2D eigenvalue weighted by Crippen LogP contribution is -2.18. The SMILES string of the molecule is CCOP(=O)(COC)C(CCC/C=C(\C)CCC=C(C)C)P(=O)(OCC)OCC. The molecule has 6 nitrogen and oxygen atoms in total. The molecule has 2 unspecified atom stereocenters. The van der Waals surface area contributed by atoms with E-state index in [9.17, 15) is 9.13 Å². The number of rotatable bonds is 17. The van der Waals surface area contributed by atoms with Crippen LogP contribution in [0.1, 0.15) is 73.6 Å². The molecule has 0 aliphatic rings. The van der Waals surface area contributed by atoms with E-state index in [0.717, 1.165) is 25.7 Å². The van der Waals surface area contributed by atoms with E-state index in [1.165, 1.54) is 18.3 Å². The fourth-order valence-electron chi connectivity index (χ4n) is 3.09. The third-order valence-electron chi connectivity index (χ3n) is 4.34. The van der Waals surface area contributed by atoms with Crippen molar-refractivity contribution in [1.82, 2.24) is 0 Å². The van der Waals surface area contributed by atoms with Crippen LogP contribution in [0.5, 0.6) is 0 Å². The molecule has 172 valence electrons. The molecule has 0 N–H and O–H groups in total. The van der Waals surface area contributed by atoms with Gasteiger partial charge in [-0.2, -0.15) is 0 Å². The molecule has 0 rings (SSSR count). The van der Waals surface area contributed by atoms with E-state index in [4.69, 9.17) is 18.3 Å². The van der Waals surface area contributed by atoms with Gasteiger partial charge in [0.25, 0.3) is 0 Å². The first-order valence-corrected chi connectivity index (χ1v) is 14.1. The van der Waals surface area contributed by atoms with E-state index >= 15 is 0 Å². The van der Waals surface area contributed by atoms with E-state index in [-0.39, 0.29) is 26.2 Å². The van der Waals surface area contributed by atoms with Crippen molar-refractivity contribution in [3.63, 3.8) is 0 Å². The summed E-state index contributed by atoms with van der Waals surface area (Å²) in [4.78, 5) is 0. The average molecular weight is 453 g/mol. The van der Waals surface area contributed by atoms with Gasteiger partial charge >= 0.3 is 7.60 Å². The van der Waals surface area contributed by atoms with Crippen LogP contribution >= 0.6 is 15.0 Å². The Balaban J connectivity index is 5.33. The maximum absolute atomic E-state index is 13.5. The van der Waals surface area contributed by atoms with E-state index < -0.39 is 20.4 Å². The summed E-state index contributed by atoms with van der Waals surface area (Å²) < 4.78 is 48.8. The first-order valence-electron chi connectivity index (χ1n) is 10.6. The first kappa shape index (κ1) is 28.8. The summed E-state index contributed by atoms with van der Waals surface area (Å²) in [5.74, 6) is 0. The van der Waals surface area contributed by atoms with Gasteiger partial charge in [-0.05, 0) is 73.6 Å². The Morgan fingerprint density at radius 2 is 1.48 bits per heavy atom. The fourth-order valence-corrected chi connectivity index (χ4v) is 9.04. The fraction of sp³-hybridized carbons (Fsp3) is 0.810. The second kappa shape index (κ2) is 15.6. The van der Waals surface area contributed by atoms with Gasteiger partial charge in [0.05, 0.1) is 19.8 Å². The molecule has 0 saturated heterocycles. The third-order valence-corrected chi connectivity index (χ3v) is 11.0. The van der Waals surface area contributed by atoms with Crippen molar-refractivity contribution in [1.29, 1.82) is 0 Å². The van der Waals surface area contributed by atoms with E-state index in [1.54, 1.807) is 20.8 Å². The van der Waals surface area contributed by atoms with Crippen molar-refractivity contribution in [2.45, 2.75) is 79.0 Å². The molecule has 0 aromatic rings. The monoisotopic (exact) mass is 452 g/mol. The Morgan fingerprint density at radius 3 is 1.97 bits per heavy atom. The Hall–Kier alpha value is -0.220. The normalized spacial score (nSPS) is 15.8. The molecule has 0 heterocycles. The molecule has 8 heteroatoms. The summed E-state index contributed by atoms with van der Waals surface area (Å²) in [6, 6.07) is 0. The Kier molecular flexibility index (Phi) is 15.4.